The van der Waals surface area contributed by atoms with Gasteiger partial charge in [0.15, 0.2) is 0 Å². The molecule has 212 valence electrons. The topological polar surface area (TPSA) is 26.3 Å². The third kappa shape index (κ3) is 7.28. The van der Waals surface area contributed by atoms with Gasteiger partial charge in [-0.2, -0.15) is 0 Å². The Morgan fingerprint density at radius 2 is 1.44 bits per heavy atom. The first-order chi connectivity index (χ1) is 17.4. The van der Waals surface area contributed by atoms with Gasteiger partial charge in [0.1, 0.15) is 0 Å². The van der Waals surface area contributed by atoms with Gasteiger partial charge in [-0.05, 0) is 104 Å². The van der Waals surface area contributed by atoms with Crippen molar-refractivity contribution in [1.82, 2.24) is 0 Å². The van der Waals surface area contributed by atoms with E-state index in [1.54, 1.807) is 0 Å². The monoisotopic (exact) mass is 504 g/mol. The quantitative estimate of drug-likeness (QED) is 0.275. The Labute approximate surface area is 227 Å². The summed E-state index contributed by atoms with van der Waals surface area (Å²) in [5, 5.41) is 0. The van der Waals surface area contributed by atoms with Crippen LogP contribution in [0.2, 0.25) is 0 Å². The molecular weight excluding hydrogens is 440 g/mol. The van der Waals surface area contributed by atoms with E-state index in [1.807, 2.05) is 27.7 Å². The first-order valence-corrected chi connectivity index (χ1v) is 15.5. The molecule has 0 amide bonds. The molecule has 4 saturated carbocycles. The molecule has 0 aromatic rings. The molecule has 36 heavy (non-hydrogen) atoms. The first kappa shape index (κ1) is 35.0. The second kappa shape index (κ2) is 17.5. The molecule has 0 heterocycles. The molecule has 8 atom stereocenters. The van der Waals surface area contributed by atoms with E-state index < -0.39 is 0 Å². The predicted octanol–water partition coefficient (Wildman–Crippen LogP) is 10.7. The highest BCUT2D eigenvalue weighted by atomic mass is 16.5. The van der Waals surface area contributed by atoms with Crippen molar-refractivity contribution in [2.75, 3.05) is 7.11 Å². The SMILES string of the molecule is C=C.C=C.CC.CC.CC[C@H]1CC2C3CCC(CCCC(=O)OC)C3(C)CCC2C2(C)CCCCC12. The van der Waals surface area contributed by atoms with Crippen LogP contribution in [0.15, 0.2) is 26.3 Å². The van der Waals surface area contributed by atoms with Crippen LogP contribution < -0.4 is 0 Å². The number of carbonyl (C=O) groups excluding carboxylic acids is 1. The zero-order valence-electron chi connectivity index (χ0n) is 25.8. The van der Waals surface area contributed by atoms with Gasteiger partial charge in [0.25, 0.3) is 0 Å². The summed E-state index contributed by atoms with van der Waals surface area (Å²) in [6.07, 6.45) is 17.5. The van der Waals surface area contributed by atoms with Crippen LogP contribution in [0.1, 0.15) is 132 Å². The number of methoxy groups -OCH3 is 1. The van der Waals surface area contributed by atoms with Gasteiger partial charge in [0.05, 0.1) is 7.11 Å². The van der Waals surface area contributed by atoms with E-state index in [0.29, 0.717) is 17.3 Å². The van der Waals surface area contributed by atoms with E-state index >= 15 is 0 Å². The van der Waals surface area contributed by atoms with Crippen LogP contribution in [0, 0.1) is 46.3 Å². The normalized spacial score (nSPS) is 37.7. The molecule has 2 heteroatoms. The molecule has 0 bridgehead atoms. The van der Waals surface area contributed by atoms with Crippen LogP contribution in [0.25, 0.3) is 0 Å². The minimum Gasteiger partial charge on any atom is -0.469 e. The molecule has 4 fully saturated rings. The van der Waals surface area contributed by atoms with Gasteiger partial charge < -0.3 is 4.74 Å². The fourth-order valence-corrected chi connectivity index (χ4v) is 9.20. The molecule has 0 aromatic heterocycles. The second-order valence-electron chi connectivity index (χ2n) is 11.4. The molecule has 0 N–H and O–H groups in total. The molecule has 4 rings (SSSR count). The Kier molecular flexibility index (Phi) is 16.9. The summed E-state index contributed by atoms with van der Waals surface area (Å²) >= 11 is 0. The van der Waals surface area contributed by atoms with Crippen molar-refractivity contribution in [1.29, 1.82) is 0 Å². The van der Waals surface area contributed by atoms with Gasteiger partial charge in [0.2, 0.25) is 0 Å². The number of carbonyl (C=O) groups is 1. The van der Waals surface area contributed by atoms with Crippen LogP contribution in [0.4, 0.5) is 0 Å². The van der Waals surface area contributed by atoms with Gasteiger partial charge in [-0.25, -0.2) is 0 Å². The lowest BCUT2D eigenvalue weighted by Gasteiger charge is -2.62. The minimum absolute atomic E-state index is 0.0299. The first-order valence-electron chi connectivity index (χ1n) is 15.5. The standard InChI is InChI=1S/C26H44O2.2C2H6.2C2H4/c1-5-18-17-20-22-13-12-19(9-8-11-24(27)28-4)25(22,2)16-14-23(20)26(3)15-7-6-10-21(18)26;4*1-2/h18-23H,5-17H2,1-4H3;2*1-2H3;2*1-2H2/t18-,19?,20?,21?,22?,23?,25?,26?;;;;/m0..../s1. The maximum absolute atomic E-state index is 11.6. The van der Waals surface area contributed by atoms with Crippen LogP contribution >= 0.6 is 0 Å². The van der Waals surface area contributed by atoms with Gasteiger partial charge in [-0.15, -0.1) is 26.3 Å². The van der Waals surface area contributed by atoms with Crippen LogP contribution in [-0.2, 0) is 9.53 Å². The van der Waals surface area contributed by atoms with Crippen LogP contribution in [-0.4, -0.2) is 13.1 Å². The molecule has 0 aromatic carbocycles. The highest BCUT2D eigenvalue weighted by Crippen LogP contribution is 2.69. The van der Waals surface area contributed by atoms with Crippen molar-refractivity contribution >= 4 is 5.97 Å². The smallest absolute Gasteiger partial charge is 0.305 e. The van der Waals surface area contributed by atoms with Gasteiger partial charge in [-0.1, -0.05) is 67.7 Å². The summed E-state index contributed by atoms with van der Waals surface area (Å²) in [6.45, 7) is 27.8. The largest absolute Gasteiger partial charge is 0.469 e. The Morgan fingerprint density at radius 1 is 0.833 bits per heavy atom. The number of esters is 1. The predicted molar refractivity (Wildman–Crippen MR) is 160 cm³/mol. The lowest BCUT2D eigenvalue weighted by molar-refractivity contribution is -0.141. The van der Waals surface area contributed by atoms with E-state index in [2.05, 4.69) is 47.1 Å². The number of hydrogen-bond acceptors (Lipinski definition) is 2. The highest BCUT2D eigenvalue weighted by molar-refractivity contribution is 5.68. The second-order valence-corrected chi connectivity index (χ2v) is 11.4. The zero-order chi connectivity index (χ0) is 27.9. The van der Waals surface area contributed by atoms with Gasteiger partial charge in [0, 0.05) is 6.42 Å². The van der Waals surface area contributed by atoms with E-state index in [1.165, 1.54) is 77.7 Å². The summed E-state index contributed by atoms with van der Waals surface area (Å²) < 4.78 is 4.86. The third-order valence-electron chi connectivity index (χ3n) is 10.6. The lowest BCUT2D eigenvalue weighted by Crippen LogP contribution is -2.55. The fraction of sp³-hybridized carbons (Fsp3) is 0.853. The Bertz CT molecular complexity index is 598. The Balaban J connectivity index is 0.00000140. The van der Waals surface area contributed by atoms with Crippen molar-refractivity contribution in [3.63, 3.8) is 0 Å². The molecule has 0 radical (unpaired) electrons. The Morgan fingerprint density at radius 3 is 2.03 bits per heavy atom. The third-order valence-corrected chi connectivity index (χ3v) is 10.6. The summed E-state index contributed by atoms with van der Waals surface area (Å²) in [7, 11) is 1.52. The summed E-state index contributed by atoms with van der Waals surface area (Å²) in [4.78, 5) is 11.6. The van der Waals surface area contributed by atoms with Gasteiger partial charge >= 0.3 is 5.97 Å². The number of rotatable bonds is 5. The molecule has 4 aliphatic carbocycles. The van der Waals surface area contributed by atoms with Crippen molar-refractivity contribution in [2.45, 2.75) is 132 Å². The molecule has 0 spiro atoms. The molecule has 0 aliphatic heterocycles. The van der Waals surface area contributed by atoms with Crippen LogP contribution in [0.3, 0.4) is 0 Å². The fourth-order valence-electron chi connectivity index (χ4n) is 9.20. The van der Waals surface area contributed by atoms with E-state index in [9.17, 15) is 4.79 Å². The van der Waals surface area contributed by atoms with E-state index in [0.717, 1.165) is 41.9 Å². The lowest BCUT2D eigenvalue weighted by atomic mass is 9.42. The maximum Gasteiger partial charge on any atom is 0.305 e. The van der Waals surface area contributed by atoms with Crippen molar-refractivity contribution in [3.8, 4) is 0 Å². The van der Waals surface area contributed by atoms with Crippen LogP contribution in [0.5, 0.6) is 0 Å². The average molecular weight is 505 g/mol. The minimum atomic E-state index is -0.0299. The van der Waals surface area contributed by atoms with Crippen molar-refractivity contribution in [3.05, 3.63) is 26.3 Å². The Hall–Kier alpha value is -1.05. The van der Waals surface area contributed by atoms with E-state index in [-0.39, 0.29) is 5.97 Å². The maximum atomic E-state index is 11.6. The summed E-state index contributed by atoms with van der Waals surface area (Å²) in [6, 6.07) is 0. The van der Waals surface area contributed by atoms with Crippen molar-refractivity contribution < 1.29 is 9.53 Å². The number of fused-ring (bicyclic) bond motifs is 5. The molecule has 2 nitrogen and oxygen atoms in total. The molecule has 7 unspecified atom stereocenters. The zero-order valence-corrected chi connectivity index (χ0v) is 25.8. The van der Waals surface area contributed by atoms with Crippen molar-refractivity contribution in [2.24, 2.45) is 46.3 Å². The van der Waals surface area contributed by atoms with Gasteiger partial charge in [-0.3, -0.25) is 4.79 Å². The highest BCUT2D eigenvalue weighted by Gasteiger charge is 2.60. The summed E-state index contributed by atoms with van der Waals surface area (Å²) in [5.74, 6) is 5.71. The number of ether oxygens (including phenoxy) is 1. The molecule has 0 saturated heterocycles. The number of hydrogen-bond donors (Lipinski definition) is 0. The molecule has 4 aliphatic rings. The molecular formula is C34H64O2. The van der Waals surface area contributed by atoms with E-state index in [4.69, 9.17) is 4.74 Å². The summed E-state index contributed by atoms with van der Waals surface area (Å²) in [5.41, 5.74) is 1.17. The average Bonchev–Trinajstić information content (AvgIpc) is 3.28.